The van der Waals surface area contributed by atoms with E-state index in [1.165, 1.54) is 44.5 Å². The van der Waals surface area contributed by atoms with E-state index in [-0.39, 0.29) is 0 Å². The smallest absolute Gasteiger partial charge is 0.104 e. The summed E-state index contributed by atoms with van der Waals surface area (Å²) in [6, 6.07) is 76.6. The third-order valence-corrected chi connectivity index (χ3v) is 15.6. The summed E-state index contributed by atoms with van der Waals surface area (Å²) in [5, 5.41) is 16.7. The summed E-state index contributed by atoms with van der Waals surface area (Å²) in [7, 11) is 0. The van der Waals surface area contributed by atoms with Crippen LogP contribution in [0.1, 0.15) is 50.1 Å². The van der Waals surface area contributed by atoms with Gasteiger partial charge in [-0.15, -0.1) is 0 Å². The molecule has 0 bridgehead atoms. The van der Waals surface area contributed by atoms with Crippen molar-refractivity contribution in [3.8, 4) is 84.3 Å². The molecular weight excluding hydrogens is 945 g/mol. The molecule has 0 N–H and O–H groups in total. The Hall–Kier alpha value is -9.56. The van der Waals surface area contributed by atoms with Crippen LogP contribution in [0.3, 0.4) is 0 Å². The van der Waals surface area contributed by atoms with Gasteiger partial charge in [-0.2, -0.15) is 5.26 Å². The second-order valence-electron chi connectivity index (χ2n) is 21.9. The summed E-state index contributed by atoms with van der Waals surface area (Å²) < 4.78 is 4.76. The van der Waals surface area contributed by atoms with E-state index in [4.69, 9.17) is 4.98 Å². The summed E-state index contributed by atoms with van der Waals surface area (Å²) in [5.74, 6) is 0. The maximum atomic E-state index is 12.3. The molecule has 0 aliphatic heterocycles. The van der Waals surface area contributed by atoms with Crippen molar-refractivity contribution in [2.75, 3.05) is 0 Å². The lowest BCUT2D eigenvalue weighted by molar-refractivity contribution is 1.12. The predicted molar refractivity (Wildman–Crippen MR) is 328 cm³/mol. The van der Waals surface area contributed by atoms with Crippen LogP contribution < -0.4 is 0 Å². The summed E-state index contributed by atoms with van der Waals surface area (Å²) in [4.78, 5) is 5.11. The van der Waals surface area contributed by atoms with Crippen LogP contribution in [0.25, 0.3) is 122 Å². The molecule has 3 heterocycles. The first kappa shape index (κ1) is 48.1. The molecule has 0 spiro atoms. The second kappa shape index (κ2) is 18.9. The molecular formula is C74H58N4. The van der Waals surface area contributed by atoms with Gasteiger partial charge < -0.3 is 9.13 Å². The van der Waals surface area contributed by atoms with Crippen molar-refractivity contribution in [1.82, 2.24) is 14.1 Å². The van der Waals surface area contributed by atoms with E-state index in [2.05, 4.69) is 259 Å². The lowest BCUT2D eigenvalue weighted by Crippen LogP contribution is -2.06. The normalized spacial score (nSPS) is 11.6. The Morgan fingerprint density at radius 2 is 0.641 bits per heavy atom. The number of aromatic nitrogens is 3. The molecule has 4 nitrogen and oxygen atoms in total. The lowest BCUT2D eigenvalue weighted by atomic mass is 9.96. The average Bonchev–Trinajstić information content (AvgIpc) is 4.09. The zero-order valence-electron chi connectivity index (χ0n) is 45.4. The lowest BCUT2D eigenvalue weighted by Gasteiger charge is -2.20. The van der Waals surface area contributed by atoms with Crippen LogP contribution in [0.2, 0.25) is 0 Å². The molecule has 0 aliphatic carbocycles. The molecule has 0 saturated carbocycles. The van der Waals surface area contributed by atoms with Crippen molar-refractivity contribution < 1.29 is 0 Å². The third kappa shape index (κ3) is 8.46. The number of pyridine rings is 1. The van der Waals surface area contributed by atoms with Crippen LogP contribution in [-0.2, 0) is 0 Å². The minimum absolute atomic E-state index is 0.559. The number of nitrogens with zero attached hydrogens (tertiary/aromatic N) is 4. The molecule has 0 atom stereocenters. The van der Waals surface area contributed by atoms with E-state index < -0.39 is 0 Å². The Bertz CT molecular complexity index is 4110. The SMILES string of the molecule is Cc1cc(C)cc(-c2ccc3c4ccc(-c5cc(C)cc(C)c5)cc4n(-c4cc(-c5cccnc5-c5ccccc5)cc(-n5c6cc(-c7cc(C)cc(C)c7)ccc6c6ccc(-c7cc(C)cc(C)c7)cc65)c4C#N)c3c2)c1. The first-order valence-electron chi connectivity index (χ1n) is 26.9. The molecule has 374 valence electrons. The van der Waals surface area contributed by atoms with Crippen LogP contribution in [0.15, 0.2) is 206 Å². The van der Waals surface area contributed by atoms with Crippen LogP contribution in [-0.4, -0.2) is 14.1 Å². The van der Waals surface area contributed by atoms with Crippen LogP contribution in [0.5, 0.6) is 0 Å². The predicted octanol–water partition coefficient (Wildman–Crippen LogP) is 19.6. The van der Waals surface area contributed by atoms with E-state index in [0.717, 1.165) is 122 Å². The average molecular weight is 1000 g/mol. The first-order valence-corrected chi connectivity index (χ1v) is 26.9. The Kier molecular flexibility index (Phi) is 11.7. The van der Waals surface area contributed by atoms with Gasteiger partial charge in [0, 0.05) is 38.9 Å². The van der Waals surface area contributed by atoms with Gasteiger partial charge in [0.05, 0.1) is 39.1 Å². The number of benzene rings is 10. The molecule has 78 heavy (non-hydrogen) atoms. The molecule has 0 radical (unpaired) electrons. The highest BCUT2D eigenvalue weighted by molar-refractivity contribution is 6.13. The van der Waals surface area contributed by atoms with E-state index in [1.807, 2.05) is 18.3 Å². The fraction of sp³-hybridized carbons (Fsp3) is 0.108. The zero-order chi connectivity index (χ0) is 53.5. The van der Waals surface area contributed by atoms with Crippen molar-refractivity contribution in [2.45, 2.75) is 55.4 Å². The van der Waals surface area contributed by atoms with Gasteiger partial charge in [-0.05, 0) is 148 Å². The molecule has 13 rings (SSSR count). The van der Waals surface area contributed by atoms with Crippen LogP contribution >= 0.6 is 0 Å². The van der Waals surface area contributed by atoms with Crippen LogP contribution in [0, 0.1) is 66.7 Å². The second-order valence-corrected chi connectivity index (χ2v) is 21.9. The Morgan fingerprint density at radius 3 is 0.962 bits per heavy atom. The third-order valence-electron chi connectivity index (χ3n) is 15.6. The maximum absolute atomic E-state index is 12.3. The van der Waals surface area contributed by atoms with Gasteiger partial charge >= 0.3 is 0 Å². The van der Waals surface area contributed by atoms with Gasteiger partial charge in [-0.25, -0.2) is 0 Å². The van der Waals surface area contributed by atoms with E-state index >= 15 is 0 Å². The summed E-state index contributed by atoms with van der Waals surface area (Å²) in [6.07, 6.45) is 1.88. The highest BCUT2D eigenvalue weighted by atomic mass is 15.0. The quantitative estimate of drug-likeness (QED) is 0.152. The molecule has 0 fully saturated rings. The molecule has 0 unspecified atom stereocenters. The number of rotatable bonds is 8. The number of nitriles is 1. The van der Waals surface area contributed by atoms with Gasteiger partial charge in [-0.3, -0.25) is 4.98 Å². The van der Waals surface area contributed by atoms with Gasteiger partial charge in [0.2, 0.25) is 0 Å². The molecule has 10 aromatic carbocycles. The molecule has 0 aliphatic rings. The number of hydrogen-bond acceptors (Lipinski definition) is 2. The van der Waals surface area contributed by atoms with Crippen molar-refractivity contribution in [3.63, 3.8) is 0 Å². The van der Waals surface area contributed by atoms with Gasteiger partial charge in [0.15, 0.2) is 0 Å². The highest BCUT2D eigenvalue weighted by Crippen LogP contribution is 2.45. The summed E-state index contributed by atoms with van der Waals surface area (Å²) in [5.41, 5.74) is 28.8. The standard InChI is InChI=1S/C74H58N4/c1-44-25-45(2)30-57(29-44)53-16-20-63-64-21-17-54(58-31-46(3)26-47(4)32-58)38-69(64)77(68(63)37-53)72-41-61(62-15-12-24-76-74(62)52-13-10-9-11-14-52)42-73(67(72)43-75)78-70-39-55(59-33-48(5)27-49(6)34-59)18-22-65(70)66-23-19-56(40-71(66)78)60-35-50(7)28-51(8)36-60/h9-42H,1-8H3. The fourth-order valence-electron chi connectivity index (χ4n) is 12.5. The molecule has 0 saturated heterocycles. The van der Waals surface area contributed by atoms with E-state index in [0.29, 0.717) is 5.56 Å². The summed E-state index contributed by atoms with van der Waals surface area (Å²) in [6.45, 7) is 17.3. The molecule has 4 heteroatoms. The minimum Gasteiger partial charge on any atom is -0.308 e. The number of aryl methyl sites for hydroxylation is 8. The highest BCUT2D eigenvalue weighted by Gasteiger charge is 2.25. The Balaban J connectivity index is 1.20. The number of hydrogen-bond donors (Lipinski definition) is 0. The Morgan fingerprint density at radius 1 is 0.308 bits per heavy atom. The van der Waals surface area contributed by atoms with E-state index in [9.17, 15) is 5.26 Å². The van der Waals surface area contributed by atoms with Gasteiger partial charge in [0.1, 0.15) is 11.6 Å². The van der Waals surface area contributed by atoms with Crippen molar-refractivity contribution in [2.24, 2.45) is 0 Å². The zero-order valence-corrected chi connectivity index (χ0v) is 45.4. The topological polar surface area (TPSA) is 46.5 Å². The fourth-order valence-corrected chi connectivity index (χ4v) is 12.5. The minimum atomic E-state index is 0.559. The maximum Gasteiger partial charge on any atom is 0.104 e. The summed E-state index contributed by atoms with van der Waals surface area (Å²) >= 11 is 0. The van der Waals surface area contributed by atoms with Crippen molar-refractivity contribution >= 4 is 43.6 Å². The largest absolute Gasteiger partial charge is 0.308 e. The number of fused-ring (bicyclic) bond motifs is 6. The molecule has 13 aromatic rings. The van der Waals surface area contributed by atoms with Gasteiger partial charge in [-0.1, -0.05) is 202 Å². The molecule has 3 aromatic heterocycles. The van der Waals surface area contributed by atoms with E-state index in [1.54, 1.807) is 0 Å². The van der Waals surface area contributed by atoms with Crippen molar-refractivity contribution in [3.05, 3.63) is 256 Å². The van der Waals surface area contributed by atoms with Gasteiger partial charge in [0.25, 0.3) is 0 Å². The van der Waals surface area contributed by atoms with Crippen molar-refractivity contribution in [1.29, 1.82) is 5.26 Å². The Labute approximate surface area is 456 Å². The van der Waals surface area contributed by atoms with Crippen LogP contribution in [0.4, 0.5) is 0 Å². The monoisotopic (exact) mass is 1000 g/mol. The first-order chi connectivity index (χ1) is 37.8. The molecule has 0 amide bonds.